The molecule has 2 unspecified atom stereocenters. The lowest BCUT2D eigenvalue weighted by Gasteiger charge is -2.19. The van der Waals surface area contributed by atoms with Crippen molar-refractivity contribution >= 4 is 5.91 Å². The zero-order valence-electron chi connectivity index (χ0n) is 10.4. The predicted molar refractivity (Wildman–Crippen MR) is 63.1 cm³/mol. The van der Waals surface area contributed by atoms with Gasteiger partial charge in [-0.15, -0.1) is 0 Å². The van der Waals surface area contributed by atoms with Crippen LogP contribution in [0.5, 0.6) is 0 Å². The molecule has 0 spiro atoms. The molecule has 2 aliphatic rings. The van der Waals surface area contributed by atoms with E-state index in [-0.39, 0.29) is 0 Å². The van der Waals surface area contributed by atoms with E-state index in [9.17, 15) is 4.79 Å². The van der Waals surface area contributed by atoms with Crippen molar-refractivity contribution in [2.45, 2.75) is 33.1 Å². The van der Waals surface area contributed by atoms with E-state index in [2.05, 4.69) is 18.7 Å². The summed E-state index contributed by atoms with van der Waals surface area (Å²) in [4.78, 5) is 14.1. The van der Waals surface area contributed by atoms with Gasteiger partial charge in [0.25, 0.3) is 0 Å². The first kappa shape index (κ1) is 11.9. The molecule has 0 aliphatic carbocycles. The second-order valence-corrected chi connectivity index (χ2v) is 5.57. The highest BCUT2D eigenvalue weighted by atomic mass is 16.5. The summed E-state index contributed by atoms with van der Waals surface area (Å²) in [6, 6.07) is 0. The highest BCUT2D eigenvalue weighted by molar-refractivity contribution is 5.76. The largest absolute Gasteiger partial charge is 0.381 e. The first-order valence-electron chi connectivity index (χ1n) is 6.52. The van der Waals surface area contributed by atoms with Gasteiger partial charge in [-0.25, -0.2) is 0 Å². The molecular formula is C13H23NO2. The van der Waals surface area contributed by atoms with E-state index in [0.29, 0.717) is 30.1 Å². The molecule has 92 valence electrons. The molecule has 0 saturated carbocycles. The first-order valence-corrected chi connectivity index (χ1v) is 6.52. The molecule has 0 N–H and O–H groups in total. The van der Waals surface area contributed by atoms with Gasteiger partial charge in [0.2, 0.25) is 5.91 Å². The number of ether oxygens (including phenoxy) is 1. The molecular weight excluding hydrogens is 202 g/mol. The summed E-state index contributed by atoms with van der Waals surface area (Å²) in [6.07, 6.45) is 2.95. The summed E-state index contributed by atoms with van der Waals surface area (Å²) in [6.45, 7) is 8.08. The molecule has 0 radical (unpaired) electrons. The monoisotopic (exact) mass is 225 g/mol. The Hall–Kier alpha value is -0.570. The van der Waals surface area contributed by atoms with Crippen molar-refractivity contribution in [1.29, 1.82) is 0 Å². The third kappa shape index (κ3) is 2.76. The second kappa shape index (κ2) is 5.17. The number of carbonyl (C=O) groups is 1. The number of hydrogen-bond acceptors (Lipinski definition) is 2. The van der Waals surface area contributed by atoms with Crippen LogP contribution in [-0.4, -0.2) is 37.1 Å². The molecule has 2 heterocycles. The fourth-order valence-corrected chi connectivity index (χ4v) is 2.68. The topological polar surface area (TPSA) is 29.5 Å². The average molecular weight is 225 g/mol. The standard InChI is InChI=1S/C13H23NO2/c1-10(2)12-3-5-14(8-12)13(15)7-11-4-6-16-9-11/h10-12H,3-9H2,1-2H3. The van der Waals surface area contributed by atoms with Crippen molar-refractivity contribution < 1.29 is 9.53 Å². The van der Waals surface area contributed by atoms with E-state index in [4.69, 9.17) is 4.74 Å². The average Bonchev–Trinajstić information content (AvgIpc) is 2.86. The maximum atomic E-state index is 12.0. The number of carbonyl (C=O) groups excluding carboxylic acids is 1. The Bertz CT molecular complexity index is 246. The zero-order valence-corrected chi connectivity index (χ0v) is 10.4. The van der Waals surface area contributed by atoms with Gasteiger partial charge in [0.1, 0.15) is 0 Å². The Morgan fingerprint density at radius 3 is 2.81 bits per heavy atom. The lowest BCUT2D eigenvalue weighted by atomic mass is 9.95. The Kier molecular flexibility index (Phi) is 3.85. The van der Waals surface area contributed by atoms with Crippen molar-refractivity contribution in [3.8, 4) is 0 Å². The Morgan fingerprint density at radius 2 is 2.25 bits per heavy atom. The van der Waals surface area contributed by atoms with E-state index >= 15 is 0 Å². The normalized spacial score (nSPS) is 30.3. The second-order valence-electron chi connectivity index (χ2n) is 5.57. The van der Waals surface area contributed by atoms with Crippen LogP contribution in [0.2, 0.25) is 0 Å². The molecule has 2 aliphatic heterocycles. The van der Waals surface area contributed by atoms with Crippen LogP contribution in [0.3, 0.4) is 0 Å². The van der Waals surface area contributed by atoms with Crippen LogP contribution in [-0.2, 0) is 9.53 Å². The Labute approximate surface area is 98.1 Å². The minimum atomic E-state index is 0.346. The third-order valence-electron chi connectivity index (χ3n) is 4.01. The van der Waals surface area contributed by atoms with Gasteiger partial charge in [-0.1, -0.05) is 13.8 Å². The van der Waals surface area contributed by atoms with Crippen molar-refractivity contribution in [2.24, 2.45) is 17.8 Å². The number of likely N-dealkylation sites (tertiary alicyclic amines) is 1. The number of amides is 1. The van der Waals surface area contributed by atoms with Crippen LogP contribution in [0.15, 0.2) is 0 Å². The third-order valence-corrected chi connectivity index (χ3v) is 4.01. The van der Waals surface area contributed by atoms with Gasteiger partial charge in [-0.05, 0) is 30.6 Å². The predicted octanol–water partition coefficient (Wildman–Crippen LogP) is 1.92. The van der Waals surface area contributed by atoms with Gasteiger partial charge in [0, 0.05) is 32.7 Å². The number of hydrogen-bond donors (Lipinski definition) is 0. The summed E-state index contributed by atoms with van der Waals surface area (Å²) < 4.78 is 5.31. The molecule has 16 heavy (non-hydrogen) atoms. The van der Waals surface area contributed by atoms with Crippen LogP contribution >= 0.6 is 0 Å². The van der Waals surface area contributed by atoms with E-state index < -0.39 is 0 Å². The molecule has 3 nitrogen and oxygen atoms in total. The van der Waals surface area contributed by atoms with Crippen molar-refractivity contribution in [2.75, 3.05) is 26.3 Å². The fraction of sp³-hybridized carbons (Fsp3) is 0.923. The van der Waals surface area contributed by atoms with Gasteiger partial charge >= 0.3 is 0 Å². The minimum Gasteiger partial charge on any atom is -0.381 e. The van der Waals surface area contributed by atoms with Gasteiger partial charge in [-0.3, -0.25) is 4.79 Å². The van der Waals surface area contributed by atoms with Crippen molar-refractivity contribution in [3.05, 3.63) is 0 Å². The highest BCUT2D eigenvalue weighted by Gasteiger charge is 2.29. The molecule has 0 aromatic heterocycles. The van der Waals surface area contributed by atoms with Crippen LogP contribution in [0.25, 0.3) is 0 Å². The molecule has 2 fully saturated rings. The lowest BCUT2D eigenvalue weighted by molar-refractivity contribution is -0.131. The fourth-order valence-electron chi connectivity index (χ4n) is 2.68. The van der Waals surface area contributed by atoms with Crippen molar-refractivity contribution in [1.82, 2.24) is 4.90 Å². The summed E-state index contributed by atoms with van der Waals surface area (Å²) in [5, 5.41) is 0. The van der Waals surface area contributed by atoms with Crippen LogP contribution < -0.4 is 0 Å². The van der Waals surface area contributed by atoms with Crippen LogP contribution in [0.1, 0.15) is 33.1 Å². The molecule has 3 heteroatoms. The lowest BCUT2D eigenvalue weighted by Crippen LogP contribution is -2.30. The molecule has 2 rings (SSSR count). The summed E-state index contributed by atoms with van der Waals surface area (Å²) >= 11 is 0. The Balaban J connectivity index is 1.77. The maximum Gasteiger partial charge on any atom is 0.222 e. The molecule has 2 atom stereocenters. The van der Waals surface area contributed by atoms with Gasteiger partial charge in [0.05, 0.1) is 0 Å². The SMILES string of the molecule is CC(C)C1CCN(C(=O)CC2CCOC2)C1. The van der Waals surface area contributed by atoms with E-state index in [1.807, 2.05) is 0 Å². The zero-order chi connectivity index (χ0) is 11.5. The Morgan fingerprint density at radius 1 is 1.44 bits per heavy atom. The van der Waals surface area contributed by atoms with Crippen molar-refractivity contribution in [3.63, 3.8) is 0 Å². The number of nitrogens with zero attached hydrogens (tertiary/aromatic N) is 1. The molecule has 0 aromatic rings. The molecule has 2 saturated heterocycles. The summed E-state index contributed by atoms with van der Waals surface area (Å²) in [7, 11) is 0. The summed E-state index contributed by atoms with van der Waals surface area (Å²) in [5.41, 5.74) is 0. The molecule has 0 bridgehead atoms. The van der Waals surface area contributed by atoms with Gasteiger partial charge < -0.3 is 9.64 Å². The van der Waals surface area contributed by atoms with Crippen LogP contribution in [0, 0.1) is 17.8 Å². The number of rotatable bonds is 3. The van der Waals surface area contributed by atoms with E-state index in [0.717, 1.165) is 32.7 Å². The summed E-state index contributed by atoms with van der Waals surface area (Å²) in [5.74, 6) is 2.24. The minimum absolute atomic E-state index is 0.346. The molecule has 1 amide bonds. The molecule has 0 aromatic carbocycles. The van der Waals surface area contributed by atoms with Gasteiger partial charge in [-0.2, -0.15) is 0 Å². The van der Waals surface area contributed by atoms with Gasteiger partial charge in [0.15, 0.2) is 0 Å². The highest BCUT2D eigenvalue weighted by Crippen LogP contribution is 2.25. The first-order chi connectivity index (χ1) is 7.66. The quantitative estimate of drug-likeness (QED) is 0.734. The van der Waals surface area contributed by atoms with E-state index in [1.165, 1.54) is 6.42 Å². The van der Waals surface area contributed by atoms with Crippen LogP contribution in [0.4, 0.5) is 0 Å². The smallest absolute Gasteiger partial charge is 0.222 e. The maximum absolute atomic E-state index is 12.0. The van der Waals surface area contributed by atoms with E-state index in [1.54, 1.807) is 0 Å².